The van der Waals surface area contributed by atoms with Crippen molar-refractivity contribution in [1.82, 2.24) is 10.6 Å². The number of rotatable bonds is 8. The monoisotopic (exact) mass is 316 g/mol. The molecule has 1 aromatic carbocycles. The zero-order valence-electron chi connectivity index (χ0n) is 12.0. The van der Waals surface area contributed by atoms with Crippen LogP contribution in [0.4, 0.5) is 0 Å². The zero-order chi connectivity index (χ0) is 14.2. The van der Waals surface area contributed by atoms with E-state index in [2.05, 4.69) is 10.6 Å². The minimum atomic E-state index is -0.00240. The van der Waals surface area contributed by atoms with Crippen molar-refractivity contribution in [1.29, 1.82) is 0 Å². The molecule has 1 aliphatic heterocycles. The SMILES string of the molecule is COCCNCCNC(=O)Cc1ccc2c(c1)OCO2.Cl. The number of halogens is 1. The van der Waals surface area contributed by atoms with Gasteiger partial charge in [-0.1, -0.05) is 6.07 Å². The fourth-order valence-corrected chi connectivity index (χ4v) is 1.89. The van der Waals surface area contributed by atoms with Crippen LogP contribution in [-0.4, -0.2) is 46.1 Å². The third-order valence-electron chi connectivity index (χ3n) is 2.91. The van der Waals surface area contributed by atoms with Crippen LogP contribution in [0.2, 0.25) is 0 Å². The topological polar surface area (TPSA) is 68.8 Å². The molecular weight excluding hydrogens is 296 g/mol. The lowest BCUT2D eigenvalue weighted by Crippen LogP contribution is -2.33. The molecule has 1 amide bonds. The molecule has 7 heteroatoms. The highest BCUT2D eigenvalue weighted by Crippen LogP contribution is 2.32. The molecule has 0 spiro atoms. The number of benzene rings is 1. The summed E-state index contributed by atoms with van der Waals surface area (Å²) in [6, 6.07) is 5.56. The van der Waals surface area contributed by atoms with Crippen molar-refractivity contribution in [3.05, 3.63) is 23.8 Å². The Labute approximate surface area is 130 Å². The molecule has 2 rings (SSSR count). The first-order chi connectivity index (χ1) is 9.79. The van der Waals surface area contributed by atoms with Crippen LogP contribution in [0.25, 0.3) is 0 Å². The summed E-state index contributed by atoms with van der Waals surface area (Å²) in [6.07, 6.45) is 0.342. The Kier molecular flexibility index (Phi) is 7.89. The summed E-state index contributed by atoms with van der Waals surface area (Å²) in [6.45, 7) is 3.04. The normalized spacial score (nSPS) is 11.9. The van der Waals surface area contributed by atoms with Crippen molar-refractivity contribution >= 4 is 18.3 Å². The van der Waals surface area contributed by atoms with E-state index >= 15 is 0 Å². The van der Waals surface area contributed by atoms with Gasteiger partial charge in [-0.05, 0) is 17.7 Å². The van der Waals surface area contributed by atoms with E-state index in [1.165, 1.54) is 0 Å². The lowest BCUT2D eigenvalue weighted by atomic mass is 10.1. The van der Waals surface area contributed by atoms with Gasteiger partial charge in [0.1, 0.15) is 0 Å². The number of nitrogens with one attached hydrogen (secondary N) is 2. The molecule has 0 fully saturated rings. The van der Waals surface area contributed by atoms with Gasteiger partial charge in [0, 0.05) is 26.7 Å². The van der Waals surface area contributed by atoms with Crippen molar-refractivity contribution in [2.75, 3.05) is 40.1 Å². The van der Waals surface area contributed by atoms with E-state index in [9.17, 15) is 4.79 Å². The van der Waals surface area contributed by atoms with Crippen LogP contribution in [0.3, 0.4) is 0 Å². The van der Waals surface area contributed by atoms with Gasteiger partial charge >= 0.3 is 0 Å². The van der Waals surface area contributed by atoms with Crippen molar-refractivity contribution in [3.63, 3.8) is 0 Å². The second kappa shape index (κ2) is 9.44. The van der Waals surface area contributed by atoms with E-state index < -0.39 is 0 Å². The van der Waals surface area contributed by atoms with Crippen LogP contribution in [0, 0.1) is 0 Å². The van der Waals surface area contributed by atoms with Gasteiger partial charge in [-0.25, -0.2) is 0 Å². The van der Waals surface area contributed by atoms with E-state index in [1.807, 2.05) is 18.2 Å². The maximum absolute atomic E-state index is 11.8. The van der Waals surface area contributed by atoms with Gasteiger partial charge in [-0.3, -0.25) is 4.79 Å². The van der Waals surface area contributed by atoms with Crippen molar-refractivity contribution in [2.45, 2.75) is 6.42 Å². The molecule has 21 heavy (non-hydrogen) atoms. The van der Waals surface area contributed by atoms with Gasteiger partial charge in [0.05, 0.1) is 13.0 Å². The largest absolute Gasteiger partial charge is 0.454 e. The number of ether oxygens (including phenoxy) is 3. The van der Waals surface area contributed by atoms with E-state index in [1.54, 1.807) is 7.11 Å². The molecular formula is C14H21ClN2O4. The smallest absolute Gasteiger partial charge is 0.231 e. The summed E-state index contributed by atoms with van der Waals surface area (Å²) in [4.78, 5) is 11.8. The van der Waals surface area contributed by atoms with Gasteiger partial charge in [-0.2, -0.15) is 0 Å². The fraction of sp³-hybridized carbons (Fsp3) is 0.500. The van der Waals surface area contributed by atoms with Gasteiger partial charge in [0.2, 0.25) is 12.7 Å². The van der Waals surface area contributed by atoms with Crippen molar-refractivity contribution < 1.29 is 19.0 Å². The molecule has 0 atom stereocenters. The summed E-state index contributed by atoms with van der Waals surface area (Å²) in [5.74, 6) is 1.44. The number of amides is 1. The minimum Gasteiger partial charge on any atom is -0.454 e. The molecule has 0 saturated carbocycles. The lowest BCUT2D eigenvalue weighted by molar-refractivity contribution is -0.120. The molecule has 0 aromatic heterocycles. The third kappa shape index (κ3) is 5.79. The number of fused-ring (bicyclic) bond motifs is 1. The maximum atomic E-state index is 11.8. The molecule has 0 aliphatic carbocycles. The van der Waals surface area contributed by atoms with Gasteiger partial charge in [-0.15, -0.1) is 12.4 Å². The number of carbonyl (C=O) groups excluding carboxylic acids is 1. The van der Waals surface area contributed by atoms with Crippen LogP contribution >= 0.6 is 12.4 Å². The average Bonchev–Trinajstić information content (AvgIpc) is 2.90. The second-order valence-corrected chi connectivity index (χ2v) is 4.46. The van der Waals surface area contributed by atoms with E-state index in [4.69, 9.17) is 14.2 Å². The Bertz CT molecular complexity index is 457. The quantitative estimate of drug-likeness (QED) is 0.692. The van der Waals surface area contributed by atoms with Crippen LogP contribution in [0.15, 0.2) is 18.2 Å². The summed E-state index contributed by atoms with van der Waals surface area (Å²) >= 11 is 0. The van der Waals surface area contributed by atoms with E-state index in [0.717, 1.165) is 24.4 Å². The number of hydrogen-bond acceptors (Lipinski definition) is 5. The Hall–Kier alpha value is -1.50. The number of hydrogen-bond donors (Lipinski definition) is 2. The zero-order valence-corrected chi connectivity index (χ0v) is 12.8. The van der Waals surface area contributed by atoms with Crippen LogP contribution < -0.4 is 20.1 Å². The molecule has 0 bridgehead atoms. The maximum Gasteiger partial charge on any atom is 0.231 e. The molecule has 0 radical (unpaired) electrons. The summed E-state index contributed by atoms with van der Waals surface area (Å²) in [7, 11) is 1.66. The minimum absolute atomic E-state index is 0. The van der Waals surface area contributed by atoms with Crippen molar-refractivity contribution in [2.24, 2.45) is 0 Å². The predicted molar refractivity (Wildman–Crippen MR) is 81.3 cm³/mol. The first kappa shape index (κ1) is 17.6. The predicted octanol–water partition coefficient (Wildman–Crippen LogP) is 0.732. The van der Waals surface area contributed by atoms with Gasteiger partial charge in [0.15, 0.2) is 11.5 Å². The summed E-state index contributed by atoms with van der Waals surface area (Å²) in [5.41, 5.74) is 0.916. The highest BCUT2D eigenvalue weighted by Gasteiger charge is 2.14. The average molecular weight is 317 g/mol. The molecule has 0 unspecified atom stereocenters. The van der Waals surface area contributed by atoms with Gasteiger partial charge < -0.3 is 24.8 Å². The Morgan fingerprint density at radius 1 is 1.24 bits per heavy atom. The molecule has 6 nitrogen and oxygen atoms in total. The Morgan fingerprint density at radius 2 is 2.05 bits per heavy atom. The first-order valence-corrected chi connectivity index (χ1v) is 6.64. The molecule has 1 aliphatic rings. The highest BCUT2D eigenvalue weighted by atomic mass is 35.5. The second-order valence-electron chi connectivity index (χ2n) is 4.46. The number of carbonyl (C=O) groups is 1. The van der Waals surface area contributed by atoms with E-state index in [0.29, 0.717) is 25.3 Å². The molecule has 2 N–H and O–H groups in total. The molecule has 118 valence electrons. The summed E-state index contributed by atoms with van der Waals surface area (Å²) < 4.78 is 15.4. The lowest BCUT2D eigenvalue weighted by Gasteiger charge is -2.07. The van der Waals surface area contributed by atoms with Crippen LogP contribution in [0.5, 0.6) is 11.5 Å². The third-order valence-corrected chi connectivity index (χ3v) is 2.91. The first-order valence-electron chi connectivity index (χ1n) is 6.64. The molecule has 1 aromatic rings. The Balaban J connectivity index is 0.00000220. The molecule has 1 heterocycles. The highest BCUT2D eigenvalue weighted by molar-refractivity contribution is 5.85. The van der Waals surface area contributed by atoms with Crippen LogP contribution in [0.1, 0.15) is 5.56 Å². The number of methoxy groups -OCH3 is 1. The standard InChI is InChI=1S/C14H20N2O4.ClH/c1-18-7-6-15-4-5-16-14(17)9-11-2-3-12-13(8-11)20-10-19-12;/h2-3,8,15H,4-7,9-10H2,1H3,(H,16,17);1H. The Morgan fingerprint density at radius 3 is 2.86 bits per heavy atom. The molecule has 0 saturated heterocycles. The van der Waals surface area contributed by atoms with E-state index in [-0.39, 0.29) is 25.1 Å². The van der Waals surface area contributed by atoms with Gasteiger partial charge in [0.25, 0.3) is 0 Å². The van der Waals surface area contributed by atoms with Crippen molar-refractivity contribution in [3.8, 4) is 11.5 Å². The summed E-state index contributed by atoms with van der Waals surface area (Å²) in [5, 5.41) is 6.02. The fourth-order valence-electron chi connectivity index (χ4n) is 1.89. The van der Waals surface area contributed by atoms with Crippen LogP contribution in [-0.2, 0) is 16.0 Å².